The van der Waals surface area contributed by atoms with Crippen LogP contribution in [0.15, 0.2) is 188 Å². The Kier molecular flexibility index (Phi) is 7.23. The number of hydrogen-bond donors (Lipinski definition) is 1. The van der Waals surface area contributed by atoms with E-state index >= 15 is 0 Å². The molecule has 0 spiro atoms. The Bertz CT molecular complexity index is 2740. The molecule has 2 unspecified atom stereocenters. The molecule has 0 radical (unpaired) electrons. The fourth-order valence-corrected chi connectivity index (χ4v) is 9.04. The van der Waals surface area contributed by atoms with Gasteiger partial charge in [-0.3, -0.25) is 0 Å². The van der Waals surface area contributed by atoms with E-state index in [0.29, 0.717) is 0 Å². The Morgan fingerprint density at radius 3 is 2.25 bits per heavy atom. The van der Waals surface area contributed by atoms with Crippen molar-refractivity contribution in [2.75, 3.05) is 10.6 Å². The molecule has 2 heterocycles. The number of nitrogens with two attached hydrogens (primary N) is 1. The molecular formula is C50H39N3. The molecule has 2 atom stereocenters. The van der Waals surface area contributed by atoms with Crippen LogP contribution in [0.5, 0.6) is 0 Å². The van der Waals surface area contributed by atoms with Crippen LogP contribution in [0.3, 0.4) is 0 Å². The van der Waals surface area contributed by atoms with Crippen molar-refractivity contribution in [2.24, 2.45) is 0 Å². The summed E-state index contributed by atoms with van der Waals surface area (Å²) in [5.41, 5.74) is 24.5. The zero-order valence-electron chi connectivity index (χ0n) is 29.7. The summed E-state index contributed by atoms with van der Waals surface area (Å²) in [6.07, 6.45) is 12.4. The van der Waals surface area contributed by atoms with Gasteiger partial charge in [0.15, 0.2) is 0 Å². The summed E-state index contributed by atoms with van der Waals surface area (Å²) in [5, 5.41) is 2.53. The molecule has 10 rings (SSSR count). The fraction of sp³-hybridized carbons (Fsp3) is 0.0800. The van der Waals surface area contributed by atoms with E-state index in [1.807, 2.05) is 18.2 Å². The molecule has 0 amide bonds. The van der Waals surface area contributed by atoms with Gasteiger partial charge < -0.3 is 15.2 Å². The summed E-state index contributed by atoms with van der Waals surface area (Å²) >= 11 is 0. The summed E-state index contributed by atoms with van der Waals surface area (Å²) in [6, 6.07) is 50.6. The van der Waals surface area contributed by atoms with E-state index in [0.717, 1.165) is 17.7 Å². The Labute approximate surface area is 310 Å². The minimum atomic E-state index is 0.175. The maximum Gasteiger partial charge on any atom is 0.0632 e. The molecule has 53 heavy (non-hydrogen) atoms. The van der Waals surface area contributed by atoms with Crippen molar-refractivity contribution in [3.63, 3.8) is 0 Å². The first-order chi connectivity index (χ1) is 26.1. The van der Waals surface area contributed by atoms with Crippen LogP contribution in [-0.2, 0) is 0 Å². The van der Waals surface area contributed by atoms with Crippen molar-refractivity contribution in [3.05, 3.63) is 204 Å². The van der Waals surface area contributed by atoms with E-state index in [1.54, 1.807) is 0 Å². The van der Waals surface area contributed by atoms with Gasteiger partial charge in [0.1, 0.15) is 0 Å². The third-order valence-corrected chi connectivity index (χ3v) is 11.5. The van der Waals surface area contributed by atoms with Crippen LogP contribution >= 0.6 is 0 Å². The predicted molar refractivity (Wildman–Crippen MR) is 225 cm³/mol. The molecule has 0 saturated carbocycles. The summed E-state index contributed by atoms with van der Waals surface area (Å²) in [7, 11) is 0. The lowest BCUT2D eigenvalue weighted by molar-refractivity contribution is 0.735. The second-order valence-corrected chi connectivity index (χ2v) is 14.4. The second-order valence-electron chi connectivity index (χ2n) is 14.4. The molecular weight excluding hydrogens is 643 g/mol. The van der Waals surface area contributed by atoms with E-state index in [2.05, 4.69) is 175 Å². The van der Waals surface area contributed by atoms with Crippen LogP contribution in [0.1, 0.15) is 36.0 Å². The number of nitrogens with zero attached hydrogens (tertiary/aromatic N) is 2. The lowest BCUT2D eigenvalue weighted by Crippen LogP contribution is -2.29. The summed E-state index contributed by atoms with van der Waals surface area (Å²) in [5.74, 6) is 0.238. The molecule has 7 aromatic rings. The zero-order valence-corrected chi connectivity index (χ0v) is 29.7. The molecule has 3 aliphatic rings. The highest BCUT2D eigenvalue weighted by molar-refractivity contribution is 6.10. The van der Waals surface area contributed by atoms with Gasteiger partial charge in [-0.15, -0.1) is 0 Å². The minimum absolute atomic E-state index is 0.175. The molecule has 0 bridgehead atoms. The highest BCUT2D eigenvalue weighted by atomic mass is 15.2. The van der Waals surface area contributed by atoms with Crippen LogP contribution in [0.25, 0.3) is 49.8 Å². The SMILES string of the molecule is C=CC1=C(C)/C(=C/CC2=CC3C(C=C2)c2cc(-c4ccc5c(c4)c4ccccc4n5-c4ccccc4)ccc2N3c2ccccc2)c2c(N)cccc21. The van der Waals surface area contributed by atoms with E-state index in [1.165, 1.54) is 83.4 Å². The first-order valence-corrected chi connectivity index (χ1v) is 18.5. The fourth-order valence-electron chi connectivity index (χ4n) is 9.04. The maximum absolute atomic E-state index is 6.54. The molecule has 2 N–H and O–H groups in total. The largest absolute Gasteiger partial charge is 0.398 e. The average Bonchev–Trinajstić information content (AvgIpc) is 3.81. The van der Waals surface area contributed by atoms with Gasteiger partial charge in [-0.1, -0.05) is 116 Å². The Hall–Kier alpha value is -6.58. The number of para-hydroxylation sites is 3. The van der Waals surface area contributed by atoms with E-state index in [-0.39, 0.29) is 12.0 Å². The van der Waals surface area contributed by atoms with Crippen LogP contribution in [0, 0.1) is 0 Å². The van der Waals surface area contributed by atoms with Crippen LogP contribution in [-0.4, -0.2) is 10.6 Å². The molecule has 1 aromatic heterocycles. The van der Waals surface area contributed by atoms with Crippen molar-refractivity contribution >= 4 is 50.0 Å². The van der Waals surface area contributed by atoms with E-state index in [4.69, 9.17) is 5.73 Å². The van der Waals surface area contributed by atoms with Gasteiger partial charge >= 0.3 is 0 Å². The molecule has 6 aromatic carbocycles. The molecule has 3 heteroatoms. The molecule has 0 fully saturated rings. The van der Waals surface area contributed by atoms with Crippen molar-refractivity contribution in [3.8, 4) is 16.8 Å². The maximum atomic E-state index is 6.54. The van der Waals surface area contributed by atoms with Crippen molar-refractivity contribution in [1.82, 2.24) is 4.57 Å². The molecule has 254 valence electrons. The van der Waals surface area contributed by atoms with Crippen molar-refractivity contribution in [1.29, 1.82) is 0 Å². The Morgan fingerprint density at radius 2 is 1.43 bits per heavy atom. The molecule has 2 aliphatic carbocycles. The number of hydrogen-bond acceptors (Lipinski definition) is 2. The molecule has 0 saturated heterocycles. The Balaban J connectivity index is 1.04. The zero-order chi connectivity index (χ0) is 35.6. The highest BCUT2D eigenvalue weighted by Gasteiger charge is 2.38. The first kappa shape index (κ1) is 31.2. The standard InChI is InChI=1S/C50H39N3/c1-3-38-32(2)39(50-42(38)18-12-19-45(50)51)25-21-33-22-26-41-44-31-35(24-28-48(44)53(49(41)29-33)37-15-8-5-9-16-37)34-23-27-47-43(30-34)40-17-10-11-20-46(40)52(47)36-13-6-4-7-14-36/h3-20,22-31,41,49H,1,21,51H2,2H3/b39-25-. The lowest BCUT2D eigenvalue weighted by atomic mass is 9.86. The normalized spacial score (nSPS) is 18.1. The van der Waals surface area contributed by atoms with Gasteiger partial charge in [-0.2, -0.15) is 0 Å². The van der Waals surface area contributed by atoms with Crippen molar-refractivity contribution in [2.45, 2.75) is 25.3 Å². The summed E-state index contributed by atoms with van der Waals surface area (Å²) in [6.45, 7) is 6.29. The number of allylic oxidation sites excluding steroid dienone is 7. The average molecular weight is 682 g/mol. The number of nitrogen functional groups attached to an aromatic ring is 1. The molecule has 1 aliphatic heterocycles. The number of anilines is 3. The van der Waals surface area contributed by atoms with Crippen LogP contribution in [0.2, 0.25) is 0 Å². The van der Waals surface area contributed by atoms with Gasteiger partial charge in [0, 0.05) is 45.0 Å². The quantitative estimate of drug-likeness (QED) is 0.177. The minimum Gasteiger partial charge on any atom is -0.398 e. The van der Waals surface area contributed by atoms with Gasteiger partial charge in [-0.05, 0) is 119 Å². The van der Waals surface area contributed by atoms with Gasteiger partial charge in [0.05, 0.1) is 17.1 Å². The van der Waals surface area contributed by atoms with Crippen LogP contribution in [0.4, 0.5) is 17.1 Å². The first-order valence-electron chi connectivity index (χ1n) is 18.5. The monoisotopic (exact) mass is 681 g/mol. The van der Waals surface area contributed by atoms with Crippen molar-refractivity contribution < 1.29 is 0 Å². The van der Waals surface area contributed by atoms with Gasteiger partial charge in [-0.25, -0.2) is 0 Å². The van der Waals surface area contributed by atoms with Gasteiger partial charge in [0.25, 0.3) is 0 Å². The third-order valence-electron chi connectivity index (χ3n) is 11.5. The Morgan fingerprint density at radius 1 is 0.717 bits per heavy atom. The number of rotatable bonds is 6. The number of aromatic nitrogens is 1. The number of benzene rings is 6. The van der Waals surface area contributed by atoms with E-state index in [9.17, 15) is 0 Å². The molecule has 3 nitrogen and oxygen atoms in total. The number of fused-ring (bicyclic) bond motifs is 7. The second kappa shape index (κ2) is 12.3. The predicted octanol–water partition coefficient (Wildman–Crippen LogP) is 12.6. The topological polar surface area (TPSA) is 34.2 Å². The summed E-state index contributed by atoms with van der Waals surface area (Å²) in [4.78, 5) is 2.53. The van der Waals surface area contributed by atoms with Crippen LogP contribution < -0.4 is 10.6 Å². The van der Waals surface area contributed by atoms with E-state index < -0.39 is 0 Å². The van der Waals surface area contributed by atoms with Gasteiger partial charge in [0.2, 0.25) is 0 Å². The lowest BCUT2D eigenvalue weighted by Gasteiger charge is -2.30. The summed E-state index contributed by atoms with van der Waals surface area (Å²) < 4.78 is 2.38. The highest BCUT2D eigenvalue weighted by Crippen LogP contribution is 2.50. The smallest absolute Gasteiger partial charge is 0.0632 e. The third kappa shape index (κ3) is 4.88.